The van der Waals surface area contributed by atoms with Gasteiger partial charge in [-0.3, -0.25) is 4.42 Å². The summed E-state index contributed by atoms with van der Waals surface area (Å²) in [5.74, 6) is 0.838. The fraction of sp³-hybridized carbons (Fsp3) is 0.364. The van der Waals surface area contributed by atoms with Gasteiger partial charge < -0.3 is 9.47 Å². The van der Waals surface area contributed by atoms with E-state index < -0.39 is 0 Å². The first-order valence-corrected chi connectivity index (χ1v) is 5.15. The molecule has 0 radical (unpaired) electrons. The highest BCUT2D eigenvalue weighted by Crippen LogP contribution is 2.11. The Morgan fingerprint density at radius 2 is 2.06 bits per heavy atom. The minimum absolute atomic E-state index is 0.295. The average Bonchev–Trinajstić information content (AvgIpc) is 2.29. The van der Waals surface area contributed by atoms with Crippen LogP contribution in [0.4, 0.5) is 0 Å². The monoisotopic (exact) mass is 242 g/mol. The lowest BCUT2D eigenvalue weighted by molar-refractivity contribution is 0.128. The van der Waals surface area contributed by atoms with Crippen molar-refractivity contribution in [3.8, 4) is 5.75 Å². The lowest BCUT2D eigenvalue weighted by Crippen LogP contribution is -2.01. The SMILES string of the molecule is COc1ccc(COCN=CN(C)Cl)cc1. The van der Waals surface area contributed by atoms with Gasteiger partial charge >= 0.3 is 0 Å². The van der Waals surface area contributed by atoms with Gasteiger partial charge in [-0.1, -0.05) is 12.1 Å². The summed E-state index contributed by atoms with van der Waals surface area (Å²) in [5, 5.41) is 0. The molecule has 0 N–H and O–H groups in total. The molecule has 0 fully saturated rings. The number of rotatable bonds is 6. The molecule has 4 nitrogen and oxygen atoms in total. The standard InChI is InChI=1S/C11H15ClN2O2/c1-14(12)8-13-9-16-7-10-3-5-11(15-2)6-4-10/h3-6,8H,7,9H2,1-2H3. The Hall–Kier alpha value is -1.26. The molecule has 0 saturated heterocycles. The van der Waals surface area contributed by atoms with Crippen molar-refractivity contribution in [3.63, 3.8) is 0 Å². The van der Waals surface area contributed by atoms with E-state index in [-0.39, 0.29) is 0 Å². The van der Waals surface area contributed by atoms with Crippen LogP contribution in [-0.2, 0) is 11.3 Å². The van der Waals surface area contributed by atoms with Crippen LogP contribution in [0.25, 0.3) is 0 Å². The second-order valence-corrected chi connectivity index (χ2v) is 3.68. The van der Waals surface area contributed by atoms with Crippen LogP contribution in [0.2, 0.25) is 0 Å². The van der Waals surface area contributed by atoms with Crippen LogP contribution < -0.4 is 4.74 Å². The molecule has 0 atom stereocenters. The Kier molecular flexibility index (Phi) is 5.67. The van der Waals surface area contributed by atoms with Crippen LogP contribution in [0.1, 0.15) is 5.56 Å². The van der Waals surface area contributed by atoms with Gasteiger partial charge in [0.05, 0.1) is 13.7 Å². The van der Waals surface area contributed by atoms with Crippen LogP contribution in [0.5, 0.6) is 5.75 Å². The topological polar surface area (TPSA) is 34.1 Å². The second-order valence-electron chi connectivity index (χ2n) is 3.15. The highest BCUT2D eigenvalue weighted by molar-refractivity contribution is 6.18. The predicted molar refractivity (Wildman–Crippen MR) is 64.8 cm³/mol. The Morgan fingerprint density at radius 3 is 2.62 bits per heavy atom. The van der Waals surface area contributed by atoms with E-state index in [4.69, 9.17) is 21.3 Å². The average molecular weight is 243 g/mol. The summed E-state index contributed by atoms with van der Waals surface area (Å²) in [4.78, 5) is 3.94. The van der Waals surface area contributed by atoms with Crippen LogP contribution in [0.3, 0.4) is 0 Å². The van der Waals surface area contributed by atoms with E-state index >= 15 is 0 Å². The summed E-state index contributed by atoms with van der Waals surface area (Å²) < 4.78 is 11.7. The van der Waals surface area contributed by atoms with Crippen molar-refractivity contribution in [2.24, 2.45) is 4.99 Å². The van der Waals surface area contributed by atoms with E-state index in [9.17, 15) is 0 Å². The molecule has 0 spiro atoms. The van der Waals surface area contributed by atoms with Gasteiger partial charge in [-0.2, -0.15) is 0 Å². The molecule has 0 aliphatic heterocycles. The van der Waals surface area contributed by atoms with E-state index in [0.29, 0.717) is 13.3 Å². The van der Waals surface area contributed by atoms with Crippen LogP contribution in [-0.4, -0.2) is 31.6 Å². The van der Waals surface area contributed by atoms with Crippen LogP contribution in [0, 0.1) is 0 Å². The fourth-order valence-corrected chi connectivity index (χ4v) is 1.15. The van der Waals surface area contributed by atoms with Gasteiger partial charge in [0.25, 0.3) is 0 Å². The Morgan fingerprint density at radius 1 is 1.38 bits per heavy atom. The summed E-state index contributed by atoms with van der Waals surface area (Å²) in [5.41, 5.74) is 1.08. The number of hydrogen-bond acceptors (Lipinski definition) is 3. The maximum absolute atomic E-state index is 5.52. The summed E-state index contributed by atoms with van der Waals surface area (Å²) >= 11 is 5.52. The quantitative estimate of drug-likeness (QED) is 0.332. The van der Waals surface area contributed by atoms with Gasteiger partial charge in [0.15, 0.2) is 0 Å². The zero-order chi connectivity index (χ0) is 11.8. The highest BCUT2D eigenvalue weighted by Gasteiger charge is 1.93. The van der Waals surface area contributed by atoms with E-state index in [1.165, 1.54) is 10.8 Å². The van der Waals surface area contributed by atoms with Crippen molar-refractivity contribution in [1.29, 1.82) is 0 Å². The third-order valence-electron chi connectivity index (χ3n) is 1.83. The van der Waals surface area contributed by atoms with Crippen molar-refractivity contribution < 1.29 is 9.47 Å². The first kappa shape index (κ1) is 12.8. The smallest absolute Gasteiger partial charge is 0.139 e. The number of benzene rings is 1. The van der Waals surface area contributed by atoms with Crippen molar-refractivity contribution in [3.05, 3.63) is 29.8 Å². The third kappa shape index (κ3) is 5.00. The number of aliphatic imine (C=N–C) groups is 1. The number of halogens is 1. The number of ether oxygens (including phenoxy) is 2. The zero-order valence-corrected chi connectivity index (χ0v) is 10.1. The summed E-state index contributed by atoms with van der Waals surface area (Å²) in [6.45, 7) is 0.816. The molecule has 0 heterocycles. The molecule has 0 bridgehead atoms. The molecule has 0 aliphatic carbocycles. The van der Waals surface area contributed by atoms with Crippen molar-refractivity contribution in [1.82, 2.24) is 4.42 Å². The van der Waals surface area contributed by atoms with E-state index in [2.05, 4.69) is 4.99 Å². The first-order chi connectivity index (χ1) is 7.72. The summed E-state index contributed by atoms with van der Waals surface area (Å²) in [6, 6.07) is 7.70. The van der Waals surface area contributed by atoms with Gasteiger partial charge in [0.1, 0.15) is 18.8 Å². The number of methoxy groups -OCH3 is 1. The summed E-state index contributed by atoms with van der Waals surface area (Å²) in [6.07, 6.45) is 1.50. The van der Waals surface area contributed by atoms with Crippen molar-refractivity contribution in [2.75, 3.05) is 20.9 Å². The van der Waals surface area contributed by atoms with Crippen molar-refractivity contribution in [2.45, 2.75) is 6.61 Å². The maximum atomic E-state index is 5.52. The zero-order valence-electron chi connectivity index (χ0n) is 9.39. The largest absolute Gasteiger partial charge is 0.497 e. The maximum Gasteiger partial charge on any atom is 0.139 e. The van der Waals surface area contributed by atoms with Crippen LogP contribution >= 0.6 is 11.8 Å². The third-order valence-corrected chi connectivity index (χ3v) is 1.92. The van der Waals surface area contributed by atoms with E-state index in [1.807, 2.05) is 24.3 Å². The Balaban J connectivity index is 2.26. The van der Waals surface area contributed by atoms with E-state index in [1.54, 1.807) is 14.2 Å². The molecule has 1 aromatic carbocycles. The number of nitrogens with zero attached hydrogens (tertiary/aromatic N) is 2. The predicted octanol–water partition coefficient (Wildman–Crippen LogP) is 2.28. The highest BCUT2D eigenvalue weighted by atomic mass is 35.5. The minimum atomic E-state index is 0.295. The number of hydrogen-bond donors (Lipinski definition) is 0. The lowest BCUT2D eigenvalue weighted by atomic mass is 10.2. The fourth-order valence-electron chi connectivity index (χ4n) is 1.08. The summed E-state index contributed by atoms with van der Waals surface area (Å²) in [7, 11) is 3.33. The Bertz CT molecular complexity index is 325. The molecule has 0 saturated carbocycles. The molecule has 5 heteroatoms. The molecule has 16 heavy (non-hydrogen) atoms. The molecule has 0 aliphatic rings. The molecule has 1 aromatic rings. The molecule has 88 valence electrons. The van der Waals surface area contributed by atoms with Gasteiger partial charge in [0.2, 0.25) is 0 Å². The molecule has 0 aromatic heterocycles. The van der Waals surface area contributed by atoms with Gasteiger partial charge in [0, 0.05) is 18.8 Å². The normalized spacial score (nSPS) is 10.7. The first-order valence-electron chi connectivity index (χ1n) is 4.81. The van der Waals surface area contributed by atoms with Crippen LogP contribution in [0.15, 0.2) is 29.3 Å². The Labute approximate surface area is 101 Å². The van der Waals surface area contributed by atoms with Gasteiger partial charge in [-0.15, -0.1) is 0 Å². The van der Waals surface area contributed by atoms with Crippen molar-refractivity contribution >= 4 is 18.1 Å². The van der Waals surface area contributed by atoms with Gasteiger partial charge in [-0.25, -0.2) is 4.99 Å². The second kappa shape index (κ2) is 7.09. The molecule has 1 rings (SSSR count). The van der Waals surface area contributed by atoms with Gasteiger partial charge in [-0.05, 0) is 17.7 Å². The molecule has 0 unspecified atom stereocenters. The van der Waals surface area contributed by atoms with E-state index in [0.717, 1.165) is 11.3 Å². The molecular weight excluding hydrogens is 228 g/mol. The minimum Gasteiger partial charge on any atom is -0.497 e. The lowest BCUT2D eigenvalue weighted by Gasteiger charge is -2.04. The molecular formula is C11H15ClN2O2. The molecule has 0 amide bonds.